The number of benzene rings is 3. The molecule has 0 atom stereocenters. The Morgan fingerprint density at radius 1 is 1.11 bits per heavy atom. The SMILES string of the molecule is COc1cc(C(=CC(C)C)C(=O)O)c2cccc(Cc3ccccc3)c2c1O. The molecule has 3 rings (SSSR count). The van der Waals surface area contributed by atoms with Gasteiger partial charge in [0.05, 0.1) is 12.7 Å². The van der Waals surface area contributed by atoms with Gasteiger partial charge in [-0.15, -0.1) is 0 Å². The summed E-state index contributed by atoms with van der Waals surface area (Å²) >= 11 is 0. The van der Waals surface area contributed by atoms with Crippen LogP contribution in [-0.4, -0.2) is 23.3 Å². The molecule has 0 fully saturated rings. The van der Waals surface area contributed by atoms with Crippen molar-refractivity contribution in [3.8, 4) is 11.5 Å². The number of allylic oxidation sites excluding steroid dienone is 1. The number of aliphatic carboxylic acids is 1. The van der Waals surface area contributed by atoms with Crippen molar-refractivity contribution in [2.75, 3.05) is 7.11 Å². The van der Waals surface area contributed by atoms with Crippen molar-refractivity contribution < 1.29 is 19.7 Å². The van der Waals surface area contributed by atoms with Gasteiger partial charge in [0.1, 0.15) is 0 Å². The standard InChI is InChI=1S/C24H24O4/c1-15(2)12-20(24(26)27)19-14-21(28-3)23(25)22-17(10-7-11-18(19)22)13-16-8-5-4-6-9-16/h4-12,14-15,25H,13H2,1-3H3,(H,26,27). The smallest absolute Gasteiger partial charge is 0.336 e. The fraction of sp³-hybridized carbons (Fsp3) is 0.208. The molecular weight excluding hydrogens is 352 g/mol. The molecule has 4 nitrogen and oxygen atoms in total. The highest BCUT2D eigenvalue weighted by Gasteiger charge is 2.21. The molecule has 0 radical (unpaired) electrons. The van der Waals surface area contributed by atoms with E-state index < -0.39 is 5.97 Å². The summed E-state index contributed by atoms with van der Waals surface area (Å²) in [6.45, 7) is 3.87. The minimum atomic E-state index is -1.00. The van der Waals surface area contributed by atoms with E-state index in [2.05, 4.69) is 0 Å². The Balaban J connectivity index is 2.31. The van der Waals surface area contributed by atoms with Crippen LogP contribution in [0.5, 0.6) is 11.5 Å². The highest BCUT2D eigenvalue weighted by atomic mass is 16.5. The first-order chi connectivity index (χ1) is 13.4. The highest BCUT2D eigenvalue weighted by molar-refractivity contribution is 6.20. The van der Waals surface area contributed by atoms with Gasteiger partial charge in [-0.3, -0.25) is 0 Å². The Morgan fingerprint density at radius 2 is 1.82 bits per heavy atom. The molecule has 0 aliphatic rings. The summed E-state index contributed by atoms with van der Waals surface area (Å²) in [7, 11) is 1.47. The van der Waals surface area contributed by atoms with E-state index in [1.54, 1.807) is 12.1 Å². The lowest BCUT2D eigenvalue weighted by Crippen LogP contribution is -2.04. The molecule has 0 amide bonds. The number of rotatable bonds is 6. The van der Waals surface area contributed by atoms with Gasteiger partial charge in [0.2, 0.25) is 0 Å². The molecule has 28 heavy (non-hydrogen) atoms. The lowest BCUT2D eigenvalue weighted by Gasteiger charge is -2.16. The van der Waals surface area contributed by atoms with Gasteiger partial charge in [-0.25, -0.2) is 4.79 Å². The topological polar surface area (TPSA) is 66.8 Å². The number of fused-ring (bicyclic) bond motifs is 1. The normalized spacial score (nSPS) is 11.8. The van der Waals surface area contributed by atoms with Gasteiger partial charge in [0, 0.05) is 10.9 Å². The van der Waals surface area contributed by atoms with Crippen LogP contribution < -0.4 is 4.74 Å². The quantitative estimate of drug-likeness (QED) is 0.575. The number of aromatic hydroxyl groups is 1. The Labute approximate surface area is 164 Å². The zero-order chi connectivity index (χ0) is 20.3. The number of carbonyl (C=O) groups is 1. The molecule has 0 saturated carbocycles. The van der Waals surface area contributed by atoms with Crippen LogP contribution >= 0.6 is 0 Å². The average molecular weight is 376 g/mol. The molecule has 2 N–H and O–H groups in total. The van der Waals surface area contributed by atoms with Gasteiger partial charge in [-0.2, -0.15) is 0 Å². The van der Waals surface area contributed by atoms with E-state index in [1.165, 1.54) is 7.11 Å². The molecule has 0 unspecified atom stereocenters. The molecule has 144 valence electrons. The summed E-state index contributed by atoms with van der Waals surface area (Å²) < 4.78 is 5.36. The van der Waals surface area contributed by atoms with Gasteiger partial charge in [0.15, 0.2) is 11.5 Å². The summed E-state index contributed by atoms with van der Waals surface area (Å²) in [4.78, 5) is 12.0. The van der Waals surface area contributed by atoms with Gasteiger partial charge < -0.3 is 14.9 Å². The van der Waals surface area contributed by atoms with E-state index in [4.69, 9.17) is 4.74 Å². The van der Waals surface area contributed by atoms with Crippen molar-refractivity contribution in [3.63, 3.8) is 0 Å². The molecular formula is C24H24O4. The third-order valence-electron chi connectivity index (χ3n) is 4.66. The first-order valence-electron chi connectivity index (χ1n) is 9.23. The van der Waals surface area contributed by atoms with E-state index in [1.807, 2.05) is 62.4 Å². The van der Waals surface area contributed by atoms with E-state index in [0.29, 0.717) is 22.8 Å². The first kappa shape index (κ1) is 19.5. The van der Waals surface area contributed by atoms with Crippen LogP contribution in [-0.2, 0) is 11.2 Å². The molecule has 0 bridgehead atoms. The molecule has 0 aliphatic heterocycles. The third-order valence-corrected chi connectivity index (χ3v) is 4.66. The number of carboxylic acids is 1. The lowest BCUT2D eigenvalue weighted by molar-refractivity contribution is -0.130. The summed E-state index contributed by atoms with van der Waals surface area (Å²) in [5.74, 6) is -0.648. The molecule has 3 aromatic carbocycles. The minimum absolute atomic E-state index is 0.0297. The number of ether oxygens (including phenoxy) is 1. The molecule has 3 aromatic rings. The van der Waals surface area contributed by atoms with Crippen LogP contribution in [0.4, 0.5) is 0 Å². The average Bonchev–Trinajstić information content (AvgIpc) is 2.67. The van der Waals surface area contributed by atoms with Crippen LogP contribution in [0.3, 0.4) is 0 Å². The maximum Gasteiger partial charge on any atom is 0.336 e. The van der Waals surface area contributed by atoms with E-state index >= 15 is 0 Å². The predicted molar refractivity (Wildman–Crippen MR) is 112 cm³/mol. The van der Waals surface area contributed by atoms with Crippen LogP contribution in [0.15, 0.2) is 60.7 Å². The molecule has 0 saturated heterocycles. The Morgan fingerprint density at radius 3 is 2.43 bits per heavy atom. The van der Waals surface area contributed by atoms with Crippen LogP contribution in [0.25, 0.3) is 16.3 Å². The minimum Gasteiger partial charge on any atom is -0.504 e. The van der Waals surface area contributed by atoms with Gasteiger partial charge in [-0.05, 0) is 34.9 Å². The Kier molecular flexibility index (Phi) is 5.69. The zero-order valence-corrected chi connectivity index (χ0v) is 16.3. The van der Waals surface area contributed by atoms with Crippen LogP contribution in [0.1, 0.15) is 30.5 Å². The maximum absolute atomic E-state index is 12.0. The predicted octanol–water partition coefficient (Wildman–Crippen LogP) is 5.27. The van der Waals surface area contributed by atoms with Gasteiger partial charge >= 0.3 is 5.97 Å². The van der Waals surface area contributed by atoms with E-state index in [-0.39, 0.29) is 23.0 Å². The maximum atomic E-state index is 12.0. The second-order valence-electron chi connectivity index (χ2n) is 7.11. The largest absolute Gasteiger partial charge is 0.504 e. The van der Waals surface area contributed by atoms with Crippen molar-refractivity contribution in [2.45, 2.75) is 20.3 Å². The summed E-state index contributed by atoms with van der Waals surface area (Å²) in [6, 6.07) is 17.2. The molecule has 4 heteroatoms. The van der Waals surface area contributed by atoms with Crippen LogP contribution in [0.2, 0.25) is 0 Å². The number of carboxylic acid groups (broad SMARTS) is 1. The zero-order valence-electron chi connectivity index (χ0n) is 16.3. The Hall–Kier alpha value is -3.27. The molecule has 0 aromatic heterocycles. The fourth-order valence-electron chi connectivity index (χ4n) is 3.46. The van der Waals surface area contributed by atoms with Gasteiger partial charge in [0.25, 0.3) is 0 Å². The van der Waals surface area contributed by atoms with Crippen molar-refractivity contribution in [2.24, 2.45) is 5.92 Å². The fourth-order valence-corrected chi connectivity index (χ4v) is 3.46. The second-order valence-corrected chi connectivity index (χ2v) is 7.11. The number of phenols is 1. The van der Waals surface area contributed by atoms with E-state index in [9.17, 15) is 15.0 Å². The first-order valence-corrected chi connectivity index (χ1v) is 9.23. The monoisotopic (exact) mass is 376 g/mol. The number of phenolic OH excluding ortho intramolecular Hbond substituents is 1. The Bertz CT molecular complexity index is 1030. The van der Waals surface area contributed by atoms with Crippen molar-refractivity contribution >= 4 is 22.3 Å². The number of hydrogen-bond acceptors (Lipinski definition) is 3. The summed E-state index contributed by atoms with van der Waals surface area (Å²) in [6.07, 6.45) is 2.34. The third kappa shape index (κ3) is 3.86. The number of methoxy groups -OCH3 is 1. The molecule has 0 heterocycles. The molecule has 0 aliphatic carbocycles. The van der Waals surface area contributed by atoms with Gasteiger partial charge in [-0.1, -0.05) is 68.5 Å². The highest BCUT2D eigenvalue weighted by Crippen LogP contribution is 2.42. The number of hydrogen-bond donors (Lipinski definition) is 2. The molecule has 0 spiro atoms. The lowest BCUT2D eigenvalue weighted by atomic mass is 9.91. The van der Waals surface area contributed by atoms with Crippen molar-refractivity contribution in [1.82, 2.24) is 0 Å². The summed E-state index contributed by atoms with van der Waals surface area (Å²) in [5, 5.41) is 22.0. The van der Waals surface area contributed by atoms with Crippen molar-refractivity contribution in [1.29, 1.82) is 0 Å². The van der Waals surface area contributed by atoms with Crippen molar-refractivity contribution in [3.05, 3.63) is 77.4 Å². The second kappa shape index (κ2) is 8.17. The summed E-state index contributed by atoms with van der Waals surface area (Å²) in [5.41, 5.74) is 2.77. The van der Waals surface area contributed by atoms with Crippen LogP contribution in [0, 0.1) is 5.92 Å². The van der Waals surface area contributed by atoms with E-state index in [0.717, 1.165) is 11.1 Å².